The third kappa shape index (κ3) is 2.83. The van der Waals surface area contributed by atoms with E-state index in [1.165, 1.54) is 0 Å². The number of aromatic nitrogens is 2. The van der Waals surface area contributed by atoms with Gasteiger partial charge in [-0.05, 0) is 49.7 Å². The fourth-order valence-corrected chi connectivity index (χ4v) is 4.69. The van der Waals surface area contributed by atoms with E-state index < -0.39 is 0 Å². The Kier molecular flexibility index (Phi) is 4.53. The van der Waals surface area contributed by atoms with Gasteiger partial charge in [0.05, 0.1) is 23.1 Å². The van der Waals surface area contributed by atoms with E-state index in [1.807, 2.05) is 39.9 Å². The van der Waals surface area contributed by atoms with Gasteiger partial charge >= 0.3 is 0 Å². The van der Waals surface area contributed by atoms with Gasteiger partial charge in [0.25, 0.3) is 5.91 Å². The van der Waals surface area contributed by atoms with Gasteiger partial charge < -0.3 is 10.6 Å². The van der Waals surface area contributed by atoms with Gasteiger partial charge in [-0.3, -0.25) is 4.79 Å². The van der Waals surface area contributed by atoms with Crippen LogP contribution in [0.2, 0.25) is 0 Å². The zero-order valence-corrected chi connectivity index (χ0v) is 15.6. The predicted octanol–water partition coefficient (Wildman–Crippen LogP) is 2.98. The Hall–Kier alpha value is -1.85. The van der Waals surface area contributed by atoms with Crippen molar-refractivity contribution in [1.29, 1.82) is 0 Å². The van der Waals surface area contributed by atoms with E-state index in [0.29, 0.717) is 17.8 Å². The molecule has 2 heterocycles. The van der Waals surface area contributed by atoms with Crippen molar-refractivity contribution >= 4 is 18.3 Å². The normalized spacial score (nSPS) is 27.3. The van der Waals surface area contributed by atoms with Crippen LogP contribution < -0.4 is 5.73 Å². The first kappa shape index (κ1) is 17.6. The highest BCUT2D eigenvalue weighted by molar-refractivity contribution is 5.96. The minimum Gasteiger partial charge on any atom is -0.338 e. The number of amides is 1. The van der Waals surface area contributed by atoms with Crippen molar-refractivity contribution in [2.45, 2.75) is 37.6 Å². The first-order valence-electron chi connectivity index (χ1n) is 9.40. The predicted molar refractivity (Wildman–Crippen MR) is 103 cm³/mol. The van der Waals surface area contributed by atoms with Crippen LogP contribution in [0.1, 0.15) is 47.7 Å². The molecule has 138 valence electrons. The highest BCUT2D eigenvalue weighted by Crippen LogP contribution is 2.43. The molecule has 3 fully saturated rings. The molecule has 1 aromatic carbocycles. The van der Waals surface area contributed by atoms with Crippen LogP contribution in [0.4, 0.5) is 0 Å². The lowest BCUT2D eigenvalue weighted by Gasteiger charge is -2.19. The van der Waals surface area contributed by atoms with Crippen molar-refractivity contribution < 1.29 is 4.79 Å². The molecule has 1 aromatic heterocycles. The largest absolute Gasteiger partial charge is 0.338 e. The molecule has 5 nitrogen and oxygen atoms in total. The number of hydrogen-bond donors (Lipinski definition) is 1. The summed E-state index contributed by atoms with van der Waals surface area (Å²) >= 11 is 0. The summed E-state index contributed by atoms with van der Waals surface area (Å²) in [5.74, 6) is 1.68. The van der Waals surface area contributed by atoms with Crippen molar-refractivity contribution in [3.63, 3.8) is 0 Å². The molecule has 2 aliphatic carbocycles. The molecule has 0 spiro atoms. The first-order valence-corrected chi connectivity index (χ1v) is 9.40. The summed E-state index contributed by atoms with van der Waals surface area (Å²) in [5.41, 5.74) is 9.15. The highest BCUT2D eigenvalue weighted by Gasteiger charge is 2.44. The summed E-state index contributed by atoms with van der Waals surface area (Å²) in [6.45, 7) is 1.67. The van der Waals surface area contributed by atoms with E-state index in [0.717, 1.165) is 55.7 Å². The van der Waals surface area contributed by atoms with Crippen LogP contribution in [-0.2, 0) is 0 Å². The van der Waals surface area contributed by atoms with E-state index >= 15 is 0 Å². The van der Waals surface area contributed by atoms with Gasteiger partial charge in [-0.15, -0.1) is 12.4 Å². The molecule has 1 saturated heterocycles. The Labute approximate surface area is 160 Å². The number of likely N-dealkylation sites (tertiary alicyclic amines) is 1. The molecule has 6 heteroatoms. The molecule has 1 amide bonds. The number of carbonyl (C=O) groups is 1. The zero-order valence-electron chi connectivity index (χ0n) is 14.8. The fraction of sp³-hybridized carbons (Fsp3) is 0.500. The number of nitrogens with zero attached hydrogens (tertiary/aromatic N) is 3. The monoisotopic (exact) mass is 372 g/mol. The molecule has 2 saturated carbocycles. The molecule has 0 bridgehead atoms. The van der Waals surface area contributed by atoms with Crippen LogP contribution in [0.3, 0.4) is 0 Å². The summed E-state index contributed by atoms with van der Waals surface area (Å²) in [4.78, 5) is 15.2. The van der Waals surface area contributed by atoms with Crippen molar-refractivity contribution in [2.24, 2.45) is 17.6 Å². The molecule has 26 heavy (non-hydrogen) atoms. The van der Waals surface area contributed by atoms with Gasteiger partial charge in [0.2, 0.25) is 0 Å². The molecule has 3 unspecified atom stereocenters. The number of carbonyl (C=O) groups excluding carboxylic acids is 1. The molecule has 3 aliphatic rings. The molecule has 2 aromatic rings. The Bertz CT molecular complexity index is 801. The van der Waals surface area contributed by atoms with Crippen molar-refractivity contribution in [1.82, 2.24) is 14.7 Å². The van der Waals surface area contributed by atoms with Gasteiger partial charge in [0.15, 0.2) is 0 Å². The van der Waals surface area contributed by atoms with Gasteiger partial charge in [-0.25, -0.2) is 4.68 Å². The Morgan fingerprint density at radius 3 is 2.54 bits per heavy atom. The van der Waals surface area contributed by atoms with Crippen LogP contribution in [0.5, 0.6) is 0 Å². The summed E-state index contributed by atoms with van der Waals surface area (Å²) in [7, 11) is 0. The number of para-hydroxylation sites is 1. The smallest absolute Gasteiger partial charge is 0.257 e. The minimum atomic E-state index is 0. The topological polar surface area (TPSA) is 64.2 Å². The molecular weight excluding hydrogens is 348 g/mol. The molecule has 5 rings (SSSR count). The Morgan fingerprint density at radius 1 is 1.08 bits per heavy atom. The third-order valence-electron chi connectivity index (χ3n) is 6.20. The fourth-order valence-electron chi connectivity index (χ4n) is 4.69. The standard InChI is InChI=1S/C20H24N4O.ClH/c21-18-9-8-14-11-23(12-17(14)18)20(25)16-10-22-24(19(16)13-6-7-13)15-4-2-1-3-5-15;/h1-5,10,13-14,17-18H,6-9,11-12,21H2;1H. The maximum Gasteiger partial charge on any atom is 0.257 e. The average Bonchev–Trinajstić information content (AvgIpc) is 3.09. The van der Waals surface area contributed by atoms with Crippen molar-refractivity contribution in [2.75, 3.05) is 13.1 Å². The Balaban J connectivity index is 0.00000168. The second kappa shape index (κ2) is 6.71. The minimum absolute atomic E-state index is 0. The third-order valence-corrected chi connectivity index (χ3v) is 6.20. The molecule has 2 N–H and O–H groups in total. The second-order valence-corrected chi connectivity index (χ2v) is 7.84. The van der Waals surface area contributed by atoms with Crippen molar-refractivity contribution in [3.8, 4) is 5.69 Å². The van der Waals surface area contributed by atoms with Gasteiger partial charge in [-0.2, -0.15) is 5.10 Å². The summed E-state index contributed by atoms with van der Waals surface area (Å²) in [5, 5.41) is 4.57. The van der Waals surface area contributed by atoms with Gasteiger partial charge in [0, 0.05) is 25.0 Å². The lowest BCUT2D eigenvalue weighted by molar-refractivity contribution is 0.0778. The number of hydrogen-bond acceptors (Lipinski definition) is 3. The molecular formula is C20H25ClN4O. The summed E-state index contributed by atoms with van der Waals surface area (Å²) in [6.07, 6.45) is 6.34. The van der Waals surface area contributed by atoms with E-state index in [9.17, 15) is 4.79 Å². The van der Waals surface area contributed by atoms with Gasteiger partial charge in [0.1, 0.15) is 0 Å². The SMILES string of the molecule is Cl.NC1CCC2CN(C(=O)c3cnn(-c4ccccc4)c3C3CC3)CC12. The molecule has 0 radical (unpaired) electrons. The second-order valence-electron chi connectivity index (χ2n) is 7.84. The van der Waals surface area contributed by atoms with Crippen LogP contribution >= 0.6 is 12.4 Å². The Morgan fingerprint density at radius 2 is 1.85 bits per heavy atom. The summed E-state index contributed by atoms with van der Waals surface area (Å²) < 4.78 is 1.97. The lowest BCUT2D eigenvalue weighted by Crippen LogP contribution is -2.33. The maximum atomic E-state index is 13.2. The maximum absolute atomic E-state index is 13.2. The quantitative estimate of drug-likeness (QED) is 0.900. The first-order chi connectivity index (χ1) is 12.2. The number of fused-ring (bicyclic) bond motifs is 1. The van der Waals surface area contributed by atoms with E-state index in [-0.39, 0.29) is 24.4 Å². The summed E-state index contributed by atoms with van der Waals surface area (Å²) in [6, 6.07) is 10.4. The number of halogens is 1. The van der Waals surface area contributed by atoms with E-state index in [2.05, 4.69) is 5.10 Å². The number of benzene rings is 1. The van der Waals surface area contributed by atoms with Crippen molar-refractivity contribution in [3.05, 3.63) is 47.8 Å². The van der Waals surface area contributed by atoms with Crippen LogP contribution in [0.25, 0.3) is 5.69 Å². The average molecular weight is 373 g/mol. The van der Waals surface area contributed by atoms with E-state index in [1.54, 1.807) is 6.20 Å². The van der Waals surface area contributed by atoms with Crippen LogP contribution in [0, 0.1) is 11.8 Å². The van der Waals surface area contributed by atoms with Gasteiger partial charge in [-0.1, -0.05) is 18.2 Å². The van der Waals surface area contributed by atoms with Crippen LogP contribution in [0.15, 0.2) is 36.5 Å². The molecule has 1 aliphatic heterocycles. The van der Waals surface area contributed by atoms with E-state index in [4.69, 9.17) is 5.73 Å². The zero-order chi connectivity index (χ0) is 17.0. The number of rotatable bonds is 3. The van der Waals surface area contributed by atoms with Crippen LogP contribution in [-0.4, -0.2) is 39.7 Å². The number of nitrogens with two attached hydrogens (primary N) is 1. The lowest BCUT2D eigenvalue weighted by atomic mass is 9.98. The highest BCUT2D eigenvalue weighted by atomic mass is 35.5. The molecule has 3 atom stereocenters.